The van der Waals surface area contributed by atoms with Crippen LogP contribution >= 0.6 is 0 Å². The Kier molecular flexibility index (Phi) is 4.63. The molecular weight excluding hydrogens is 222 g/mol. The second-order valence-corrected chi connectivity index (χ2v) is 3.66. The third kappa shape index (κ3) is 3.27. The first-order valence-corrected chi connectivity index (χ1v) is 5.52. The first-order chi connectivity index (χ1) is 8.12. The van der Waals surface area contributed by atoms with Crippen LogP contribution in [0, 0.1) is 10.1 Å². The Labute approximate surface area is 99.5 Å². The number of nitrogens with zero attached hydrogens (tertiary/aromatic N) is 1. The van der Waals surface area contributed by atoms with Crippen LogP contribution in [0.15, 0.2) is 18.2 Å². The van der Waals surface area contributed by atoms with Crippen molar-refractivity contribution >= 4 is 12.0 Å². The van der Waals surface area contributed by atoms with Crippen molar-refractivity contribution in [1.29, 1.82) is 0 Å². The molecule has 0 aromatic heterocycles. The summed E-state index contributed by atoms with van der Waals surface area (Å²) in [4.78, 5) is 20.9. The van der Waals surface area contributed by atoms with Gasteiger partial charge in [-0.25, -0.2) is 0 Å². The molecule has 0 amide bonds. The summed E-state index contributed by atoms with van der Waals surface area (Å²) in [6, 6.07) is 4.21. The van der Waals surface area contributed by atoms with Crippen molar-refractivity contribution in [3.8, 4) is 5.75 Å². The van der Waals surface area contributed by atoms with Gasteiger partial charge in [0, 0.05) is 11.6 Å². The Morgan fingerprint density at radius 2 is 2.06 bits per heavy atom. The zero-order valence-electron chi connectivity index (χ0n) is 9.88. The van der Waals surface area contributed by atoms with E-state index in [2.05, 4.69) is 0 Å². The smallest absolute Gasteiger partial charge is 0.311 e. The number of hydrogen-bond donors (Lipinski definition) is 0. The molecule has 0 spiro atoms. The minimum atomic E-state index is -0.537. The van der Waals surface area contributed by atoms with Crippen molar-refractivity contribution in [2.45, 2.75) is 32.8 Å². The van der Waals surface area contributed by atoms with Crippen molar-refractivity contribution in [3.05, 3.63) is 33.9 Å². The van der Waals surface area contributed by atoms with Crippen LogP contribution in [0.1, 0.15) is 37.0 Å². The maximum absolute atomic E-state index is 10.9. The third-order valence-corrected chi connectivity index (χ3v) is 2.52. The summed E-state index contributed by atoms with van der Waals surface area (Å²) in [7, 11) is 0. The van der Waals surface area contributed by atoms with Crippen LogP contribution in [0.25, 0.3) is 0 Å². The Bertz CT molecular complexity index is 413. The van der Waals surface area contributed by atoms with Gasteiger partial charge >= 0.3 is 5.69 Å². The largest absolute Gasteiger partial charge is 0.484 e. The number of benzene rings is 1. The summed E-state index contributed by atoms with van der Waals surface area (Å²) >= 11 is 0. The summed E-state index contributed by atoms with van der Waals surface area (Å²) in [5, 5.41) is 10.9. The molecule has 92 valence electrons. The van der Waals surface area contributed by atoms with Crippen molar-refractivity contribution in [2.75, 3.05) is 0 Å². The number of nitro benzene ring substituents is 1. The predicted molar refractivity (Wildman–Crippen MR) is 63.5 cm³/mol. The second kappa shape index (κ2) is 5.98. The lowest BCUT2D eigenvalue weighted by molar-refractivity contribution is -0.386. The number of hydrogen-bond acceptors (Lipinski definition) is 4. The van der Waals surface area contributed by atoms with Gasteiger partial charge in [0.05, 0.1) is 11.0 Å². The number of carbonyl (C=O) groups excluding carboxylic acids is 1. The molecule has 0 atom stereocenters. The average molecular weight is 237 g/mol. The molecule has 0 fully saturated rings. The van der Waals surface area contributed by atoms with Crippen LogP contribution in [-0.4, -0.2) is 17.3 Å². The highest BCUT2D eigenvalue weighted by Gasteiger charge is 2.18. The van der Waals surface area contributed by atoms with E-state index in [1.54, 1.807) is 0 Å². The van der Waals surface area contributed by atoms with Gasteiger partial charge in [0.1, 0.15) is 6.29 Å². The van der Waals surface area contributed by atoms with E-state index in [4.69, 9.17) is 4.74 Å². The molecule has 0 heterocycles. The van der Waals surface area contributed by atoms with Crippen molar-refractivity contribution < 1.29 is 14.5 Å². The van der Waals surface area contributed by atoms with Gasteiger partial charge in [-0.3, -0.25) is 14.9 Å². The summed E-state index contributed by atoms with van der Waals surface area (Å²) in [5.74, 6) is 0.217. The van der Waals surface area contributed by atoms with E-state index in [0.29, 0.717) is 6.29 Å². The average Bonchev–Trinajstić information content (AvgIpc) is 2.35. The molecule has 0 radical (unpaired) electrons. The van der Waals surface area contributed by atoms with Gasteiger partial charge in [-0.2, -0.15) is 0 Å². The van der Waals surface area contributed by atoms with E-state index >= 15 is 0 Å². The molecule has 0 bridgehead atoms. The summed E-state index contributed by atoms with van der Waals surface area (Å²) < 4.78 is 5.55. The maximum atomic E-state index is 10.9. The summed E-state index contributed by atoms with van der Waals surface area (Å²) in [6.07, 6.45) is 2.09. The van der Waals surface area contributed by atoms with E-state index in [1.807, 2.05) is 13.8 Å². The lowest BCUT2D eigenvalue weighted by Gasteiger charge is -2.15. The van der Waals surface area contributed by atoms with Gasteiger partial charge in [0.25, 0.3) is 0 Å². The highest BCUT2D eigenvalue weighted by molar-refractivity contribution is 5.77. The molecule has 0 saturated carbocycles. The summed E-state index contributed by atoms with van der Waals surface area (Å²) in [5.41, 5.74) is 0.107. The van der Waals surface area contributed by atoms with Crippen molar-refractivity contribution in [1.82, 2.24) is 0 Å². The van der Waals surface area contributed by atoms with Crippen molar-refractivity contribution in [3.63, 3.8) is 0 Å². The van der Waals surface area contributed by atoms with Crippen LogP contribution in [0.3, 0.4) is 0 Å². The first-order valence-electron chi connectivity index (χ1n) is 5.52. The fourth-order valence-electron chi connectivity index (χ4n) is 1.48. The minimum Gasteiger partial charge on any atom is -0.484 e. The second-order valence-electron chi connectivity index (χ2n) is 3.66. The number of rotatable bonds is 6. The van der Waals surface area contributed by atoms with Gasteiger partial charge in [-0.05, 0) is 25.0 Å². The van der Waals surface area contributed by atoms with E-state index in [1.165, 1.54) is 18.2 Å². The SMILES string of the molecule is CCC(CC)Oc1ccc(C=O)cc1[N+](=O)[O-]. The maximum Gasteiger partial charge on any atom is 0.311 e. The molecule has 0 N–H and O–H groups in total. The molecule has 17 heavy (non-hydrogen) atoms. The predicted octanol–water partition coefficient (Wildman–Crippen LogP) is 2.97. The van der Waals surface area contributed by atoms with E-state index < -0.39 is 4.92 Å². The lowest BCUT2D eigenvalue weighted by Crippen LogP contribution is -2.14. The Balaban J connectivity index is 3.05. The highest BCUT2D eigenvalue weighted by atomic mass is 16.6. The van der Waals surface area contributed by atoms with Crippen LogP contribution in [0.4, 0.5) is 5.69 Å². The minimum absolute atomic E-state index is 0.0456. The van der Waals surface area contributed by atoms with Gasteiger partial charge in [0.15, 0.2) is 5.75 Å². The first kappa shape index (κ1) is 13.2. The molecule has 5 nitrogen and oxygen atoms in total. The standard InChI is InChI=1S/C12H15NO4/c1-3-10(4-2)17-12-6-5-9(8-14)7-11(12)13(15)16/h5-8,10H,3-4H2,1-2H3. The van der Waals surface area contributed by atoms with Crippen molar-refractivity contribution in [2.24, 2.45) is 0 Å². The number of carbonyl (C=O) groups is 1. The Hall–Kier alpha value is -1.91. The fraction of sp³-hybridized carbons (Fsp3) is 0.417. The molecule has 0 aliphatic carbocycles. The lowest BCUT2D eigenvalue weighted by atomic mass is 10.2. The molecule has 1 aromatic rings. The number of aldehydes is 1. The molecule has 0 aliphatic rings. The Morgan fingerprint density at radius 1 is 1.41 bits per heavy atom. The number of ether oxygens (including phenoxy) is 1. The fourth-order valence-corrected chi connectivity index (χ4v) is 1.48. The molecule has 1 aromatic carbocycles. The normalized spacial score (nSPS) is 10.3. The van der Waals surface area contributed by atoms with Gasteiger partial charge in [0.2, 0.25) is 0 Å². The van der Waals surface area contributed by atoms with E-state index in [-0.39, 0.29) is 23.1 Å². The molecular formula is C12H15NO4. The zero-order valence-corrected chi connectivity index (χ0v) is 9.88. The Morgan fingerprint density at radius 3 is 2.53 bits per heavy atom. The van der Waals surface area contributed by atoms with Gasteiger partial charge in [-0.1, -0.05) is 13.8 Å². The topological polar surface area (TPSA) is 69.4 Å². The van der Waals surface area contributed by atoms with Crippen LogP contribution in [0.2, 0.25) is 0 Å². The molecule has 5 heteroatoms. The third-order valence-electron chi connectivity index (χ3n) is 2.52. The zero-order chi connectivity index (χ0) is 12.8. The molecule has 1 rings (SSSR count). The molecule has 0 unspecified atom stereocenters. The van der Waals surface area contributed by atoms with Gasteiger partial charge in [-0.15, -0.1) is 0 Å². The molecule has 0 aliphatic heterocycles. The van der Waals surface area contributed by atoms with E-state index in [0.717, 1.165) is 12.8 Å². The van der Waals surface area contributed by atoms with Gasteiger partial charge < -0.3 is 4.74 Å². The van der Waals surface area contributed by atoms with E-state index in [9.17, 15) is 14.9 Å². The molecule has 0 saturated heterocycles. The highest BCUT2D eigenvalue weighted by Crippen LogP contribution is 2.29. The van der Waals surface area contributed by atoms with Crippen LogP contribution in [0.5, 0.6) is 5.75 Å². The summed E-state index contributed by atoms with van der Waals surface area (Å²) in [6.45, 7) is 3.92. The van der Waals surface area contributed by atoms with Crippen LogP contribution < -0.4 is 4.74 Å². The monoisotopic (exact) mass is 237 g/mol. The quantitative estimate of drug-likeness (QED) is 0.433. The number of nitro groups is 1. The van der Waals surface area contributed by atoms with Crippen LogP contribution in [-0.2, 0) is 0 Å².